The molecule has 1 rings (SSSR count). The van der Waals surface area contributed by atoms with Crippen LogP contribution < -0.4 is 16.4 Å². The predicted octanol–water partition coefficient (Wildman–Crippen LogP) is 0.712. The molecule has 7 heteroatoms. The highest BCUT2D eigenvalue weighted by Gasteiger charge is 2.17. The second-order valence-electron chi connectivity index (χ2n) is 4.52. The van der Waals surface area contributed by atoms with Gasteiger partial charge in [0.25, 0.3) is 5.91 Å². The smallest absolute Gasteiger partial charge is 0.276 e. The summed E-state index contributed by atoms with van der Waals surface area (Å²) in [4.78, 5) is 20.2. The summed E-state index contributed by atoms with van der Waals surface area (Å²) in [6.07, 6.45) is 4.91. The molecule has 1 saturated heterocycles. The van der Waals surface area contributed by atoms with E-state index in [1.807, 2.05) is 6.92 Å². The molecule has 1 fully saturated rings. The monoisotopic (exact) mass is 297 g/mol. The molecular formula is C13H23N5OS. The minimum Gasteiger partial charge on any atom is -0.403 e. The van der Waals surface area contributed by atoms with Crippen molar-refractivity contribution in [3.63, 3.8) is 0 Å². The third kappa shape index (κ3) is 6.21. The first kappa shape index (κ1) is 16.7. The van der Waals surface area contributed by atoms with E-state index in [1.165, 1.54) is 24.2 Å². The molecule has 20 heavy (non-hydrogen) atoms. The van der Waals surface area contributed by atoms with Crippen LogP contribution in [0.5, 0.6) is 0 Å². The topological polar surface area (TPSA) is 91.9 Å². The molecule has 6 nitrogen and oxygen atoms in total. The van der Waals surface area contributed by atoms with Crippen LogP contribution in [0.2, 0.25) is 0 Å². The third-order valence-corrected chi connectivity index (χ3v) is 4.00. The van der Waals surface area contributed by atoms with E-state index in [0.29, 0.717) is 17.5 Å². The Morgan fingerprint density at radius 3 is 2.80 bits per heavy atom. The molecule has 0 spiro atoms. The van der Waals surface area contributed by atoms with Crippen molar-refractivity contribution in [3.8, 4) is 0 Å². The van der Waals surface area contributed by atoms with Gasteiger partial charge in [-0.1, -0.05) is 0 Å². The van der Waals surface area contributed by atoms with E-state index in [9.17, 15) is 4.79 Å². The van der Waals surface area contributed by atoms with Gasteiger partial charge >= 0.3 is 0 Å². The van der Waals surface area contributed by atoms with Gasteiger partial charge in [-0.05, 0) is 50.5 Å². The van der Waals surface area contributed by atoms with E-state index in [-0.39, 0.29) is 5.91 Å². The quantitative estimate of drug-likeness (QED) is 0.528. The highest BCUT2D eigenvalue weighted by Crippen LogP contribution is 2.11. The summed E-state index contributed by atoms with van der Waals surface area (Å²) in [5.74, 6) is 0.368. The van der Waals surface area contributed by atoms with Crippen LogP contribution in [-0.2, 0) is 4.79 Å². The fourth-order valence-electron chi connectivity index (χ4n) is 1.83. The molecule has 4 N–H and O–H groups in total. The maximum absolute atomic E-state index is 12.1. The zero-order chi connectivity index (χ0) is 14.8. The SMILES string of the molecule is CN=C(C)SC(=N/C=C/N)C(=O)NCC1CCNCC1. The average Bonchev–Trinajstić information content (AvgIpc) is 2.49. The number of thioether (sulfide) groups is 1. The third-order valence-electron chi connectivity index (χ3n) is 3.04. The highest BCUT2D eigenvalue weighted by atomic mass is 32.2. The molecule has 1 heterocycles. The number of aliphatic imine (C=N–C) groups is 2. The van der Waals surface area contributed by atoms with Crippen LogP contribution in [0, 0.1) is 5.92 Å². The number of nitrogens with one attached hydrogen (secondary N) is 2. The second kappa shape index (κ2) is 9.55. The van der Waals surface area contributed by atoms with Crippen LogP contribution in [0.1, 0.15) is 19.8 Å². The normalized spacial score (nSPS) is 18.5. The molecule has 0 unspecified atom stereocenters. The maximum Gasteiger partial charge on any atom is 0.276 e. The number of piperidine rings is 1. The molecule has 0 aliphatic carbocycles. The standard InChI is InChI=1S/C13H23N5OS/c1-10(15-2)20-13(17-8-5-14)12(19)18-9-11-3-6-16-7-4-11/h5,8,11,16H,3-4,6-7,9,14H2,1-2H3,(H,18,19)/b8-5+,15-10?,17-13?. The Labute approximate surface area is 124 Å². The van der Waals surface area contributed by atoms with Gasteiger partial charge in [0, 0.05) is 26.0 Å². The molecule has 0 aromatic carbocycles. The summed E-state index contributed by atoms with van der Waals surface area (Å²) in [5, 5.41) is 7.40. The second-order valence-corrected chi connectivity index (χ2v) is 5.71. The minimum absolute atomic E-state index is 0.172. The summed E-state index contributed by atoms with van der Waals surface area (Å²) < 4.78 is 0. The largest absolute Gasteiger partial charge is 0.403 e. The van der Waals surface area contributed by atoms with Gasteiger partial charge in [-0.25, -0.2) is 4.99 Å². The van der Waals surface area contributed by atoms with Crippen molar-refractivity contribution >= 4 is 27.8 Å². The molecule has 0 atom stereocenters. The van der Waals surface area contributed by atoms with E-state index < -0.39 is 0 Å². The average molecular weight is 297 g/mol. The summed E-state index contributed by atoms with van der Waals surface area (Å²) in [5.41, 5.74) is 5.27. The van der Waals surface area contributed by atoms with Gasteiger partial charge in [0.05, 0.1) is 5.04 Å². The molecule has 0 aromatic heterocycles. The predicted molar refractivity (Wildman–Crippen MR) is 86.0 cm³/mol. The fraction of sp³-hybridized carbons (Fsp3) is 0.615. The maximum atomic E-state index is 12.1. The summed E-state index contributed by atoms with van der Waals surface area (Å²) >= 11 is 1.25. The number of carbonyl (C=O) groups is 1. The van der Waals surface area contributed by atoms with Gasteiger partial charge in [-0.2, -0.15) is 0 Å². The van der Waals surface area contributed by atoms with Crippen molar-refractivity contribution < 1.29 is 4.79 Å². The lowest BCUT2D eigenvalue weighted by Crippen LogP contribution is -2.38. The van der Waals surface area contributed by atoms with Gasteiger partial charge in [0.1, 0.15) is 0 Å². The van der Waals surface area contributed by atoms with Gasteiger partial charge < -0.3 is 16.4 Å². The molecule has 0 aromatic rings. The molecule has 1 amide bonds. The summed E-state index contributed by atoms with van der Waals surface area (Å²) in [6, 6.07) is 0. The van der Waals surface area contributed by atoms with Gasteiger partial charge in [0.2, 0.25) is 0 Å². The van der Waals surface area contributed by atoms with Crippen molar-refractivity contribution in [2.75, 3.05) is 26.7 Å². The van der Waals surface area contributed by atoms with Gasteiger partial charge in [-0.15, -0.1) is 0 Å². The Morgan fingerprint density at radius 1 is 1.50 bits per heavy atom. The minimum atomic E-state index is -0.172. The molecule has 1 aliphatic rings. The summed E-state index contributed by atoms with van der Waals surface area (Å²) in [6.45, 7) is 4.57. The zero-order valence-electron chi connectivity index (χ0n) is 12.1. The van der Waals surface area contributed by atoms with Crippen molar-refractivity contribution in [1.29, 1.82) is 0 Å². The van der Waals surface area contributed by atoms with Crippen molar-refractivity contribution in [2.24, 2.45) is 21.6 Å². The molecule has 0 saturated carbocycles. The number of nitrogens with zero attached hydrogens (tertiary/aromatic N) is 2. The Hall–Kier alpha value is -1.34. The fourth-order valence-corrected chi connectivity index (χ4v) is 2.48. The number of carbonyl (C=O) groups excluding carboxylic acids is 1. The first-order valence-corrected chi connectivity index (χ1v) is 7.53. The lowest BCUT2D eigenvalue weighted by molar-refractivity contribution is -0.114. The van der Waals surface area contributed by atoms with E-state index in [1.54, 1.807) is 7.05 Å². The van der Waals surface area contributed by atoms with Gasteiger partial charge in [0.15, 0.2) is 5.04 Å². The first-order valence-electron chi connectivity index (χ1n) is 6.72. The molecule has 1 aliphatic heterocycles. The lowest BCUT2D eigenvalue weighted by Gasteiger charge is -2.22. The Morgan fingerprint density at radius 2 is 2.20 bits per heavy atom. The van der Waals surface area contributed by atoms with Crippen molar-refractivity contribution in [3.05, 3.63) is 12.4 Å². The van der Waals surface area contributed by atoms with E-state index >= 15 is 0 Å². The Bertz CT molecular complexity index is 400. The number of hydrogen-bond acceptors (Lipinski definition) is 6. The number of rotatable bonds is 3. The number of nitrogens with two attached hydrogens (primary N) is 1. The van der Waals surface area contributed by atoms with Crippen molar-refractivity contribution in [1.82, 2.24) is 10.6 Å². The van der Waals surface area contributed by atoms with Crippen LogP contribution in [0.3, 0.4) is 0 Å². The van der Waals surface area contributed by atoms with E-state index in [4.69, 9.17) is 5.73 Å². The lowest BCUT2D eigenvalue weighted by atomic mass is 9.98. The van der Waals surface area contributed by atoms with Crippen molar-refractivity contribution in [2.45, 2.75) is 19.8 Å². The van der Waals surface area contributed by atoms with E-state index in [2.05, 4.69) is 20.6 Å². The summed E-state index contributed by atoms with van der Waals surface area (Å²) in [7, 11) is 1.69. The van der Waals surface area contributed by atoms with Crippen LogP contribution in [-0.4, -0.2) is 42.7 Å². The number of amides is 1. The molecule has 112 valence electrons. The molecule has 0 bridgehead atoms. The zero-order valence-corrected chi connectivity index (χ0v) is 12.9. The highest BCUT2D eigenvalue weighted by molar-refractivity contribution is 8.28. The van der Waals surface area contributed by atoms with Crippen LogP contribution in [0.4, 0.5) is 0 Å². The Balaban J connectivity index is 2.53. The molecular weight excluding hydrogens is 274 g/mol. The Kier molecular flexibility index (Phi) is 7.98. The van der Waals surface area contributed by atoms with Crippen LogP contribution >= 0.6 is 11.8 Å². The van der Waals surface area contributed by atoms with Crippen LogP contribution in [0.25, 0.3) is 0 Å². The number of hydrogen-bond donors (Lipinski definition) is 3. The van der Waals surface area contributed by atoms with Gasteiger partial charge in [-0.3, -0.25) is 9.79 Å². The molecule has 0 radical (unpaired) electrons. The first-order chi connectivity index (χ1) is 9.67. The van der Waals surface area contributed by atoms with Crippen LogP contribution in [0.15, 0.2) is 22.4 Å². The van der Waals surface area contributed by atoms with E-state index in [0.717, 1.165) is 31.0 Å².